The van der Waals surface area contributed by atoms with Crippen LogP contribution in [0, 0.1) is 0 Å². The Labute approximate surface area is 168 Å². The Morgan fingerprint density at radius 3 is 2.21 bits per heavy atom. The summed E-state index contributed by atoms with van der Waals surface area (Å²) in [5.41, 5.74) is 2.73. The first-order chi connectivity index (χ1) is 13.3. The van der Waals surface area contributed by atoms with E-state index in [0.717, 1.165) is 41.2 Å². The average Bonchev–Trinajstić information content (AvgIpc) is 2.69. The van der Waals surface area contributed by atoms with Gasteiger partial charge in [-0.15, -0.1) is 0 Å². The topological polar surface area (TPSA) is 69.7 Å². The first kappa shape index (κ1) is 21.8. The number of aryl methyl sites for hydroxylation is 1. The van der Waals surface area contributed by atoms with Crippen LogP contribution in [0.25, 0.3) is 0 Å². The van der Waals surface area contributed by atoms with Gasteiger partial charge in [0.15, 0.2) is 0 Å². The van der Waals surface area contributed by atoms with E-state index in [1.807, 2.05) is 56.4 Å². The second-order valence-corrected chi connectivity index (χ2v) is 8.66. The van der Waals surface area contributed by atoms with E-state index in [1.54, 1.807) is 12.1 Å². The minimum absolute atomic E-state index is 0.223. The number of hydrogen-bond donors (Lipinski definition) is 1. The van der Waals surface area contributed by atoms with Crippen molar-refractivity contribution >= 4 is 27.3 Å². The molecular weight excluding hydrogens is 374 g/mol. The van der Waals surface area contributed by atoms with Crippen molar-refractivity contribution in [2.24, 2.45) is 0 Å². The lowest BCUT2D eigenvalue weighted by molar-refractivity contribution is -0.119. The molecular formula is C21H29N3O3S. The van der Waals surface area contributed by atoms with Crippen LogP contribution in [0.4, 0.5) is 11.4 Å². The third kappa shape index (κ3) is 6.56. The van der Waals surface area contributed by atoms with Crippen molar-refractivity contribution < 1.29 is 13.2 Å². The van der Waals surface area contributed by atoms with E-state index in [-0.39, 0.29) is 12.5 Å². The molecule has 0 unspecified atom stereocenters. The Kier molecular flexibility index (Phi) is 7.87. The minimum Gasteiger partial charge on any atom is -0.375 e. The Bertz CT molecular complexity index is 852. The zero-order valence-corrected chi connectivity index (χ0v) is 17.6. The molecule has 1 amide bonds. The number of benzene rings is 2. The van der Waals surface area contributed by atoms with Gasteiger partial charge in [-0.25, -0.2) is 8.42 Å². The van der Waals surface area contributed by atoms with Crippen LogP contribution >= 0.6 is 0 Å². The van der Waals surface area contributed by atoms with Gasteiger partial charge < -0.3 is 10.2 Å². The fourth-order valence-corrected chi connectivity index (χ4v) is 3.70. The monoisotopic (exact) mass is 403 g/mol. The summed E-state index contributed by atoms with van der Waals surface area (Å²) >= 11 is 0. The highest BCUT2D eigenvalue weighted by Crippen LogP contribution is 2.18. The van der Waals surface area contributed by atoms with E-state index < -0.39 is 10.0 Å². The molecule has 0 aromatic heterocycles. The van der Waals surface area contributed by atoms with E-state index in [1.165, 1.54) is 0 Å². The largest absolute Gasteiger partial charge is 0.375 e. The predicted molar refractivity (Wildman–Crippen MR) is 115 cm³/mol. The molecule has 2 aromatic carbocycles. The molecule has 0 fully saturated rings. The molecule has 0 saturated carbocycles. The number of hydrogen-bond acceptors (Lipinski definition) is 4. The van der Waals surface area contributed by atoms with E-state index in [2.05, 4.69) is 10.2 Å². The van der Waals surface area contributed by atoms with Crippen molar-refractivity contribution in [3.05, 3.63) is 60.2 Å². The Morgan fingerprint density at radius 2 is 1.64 bits per heavy atom. The average molecular weight is 404 g/mol. The van der Waals surface area contributed by atoms with Crippen LogP contribution in [0.1, 0.15) is 18.9 Å². The van der Waals surface area contributed by atoms with Crippen LogP contribution in [-0.4, -0.2) is 47.3 Å². The fraction of sp³-hybridized carbons (Fsp3) is 0.381. The van der Waals surface area contributed by atoms with Gasteiger partial charge >= 0.3 is 0 Å². The molecule has 152 valence electrons. The second-order valence-electron chi connectivity index (χ2n) is 6.75. The number of carbonyl (C=O) groups is 1. The number of rotatable bonds is 10. The molecule has 2 rings (SSSR count). The van der Waals surface area contributed by atoms with Crippen LogP contribution in [0.2, 0.25) is 0 Å². The van der Waals surface area contributed by atoms with Gasteiger partial charge in [0, 0.05) is 25.8 Å². The fourth-order valence-electron chi connectivity index (χ4n) is 2.84. The second kappa shape index (κ2) is 10.1. The number of carbonyl (C=O) groups excluding carboxylic acids is 1. The number of nitrogens with zero attached hydrogens (tertiary/aromatic N) is 2. The van der Waals surface area contributed by atoms with Crippen molar-refractivity contribution in [3.63, 3.8) is 0 Å². The molecule has 7 heteroatoms. The van der Waals surface area contributed by atoms with Crippen molar-refractivity contribution in [1.82, 2.24) is 5.32 Å². The van der Waals surface area contributed by atoms with Crippen LogP contribution < -0.4 is 14.5 Å². The lowest BCUT2D eigenvalue weighted by atomic mass is 10.1. The van der Waals surface area contributed by atoms with Crippen molar-refractivity contribution in [2.75, 3.05) is 42.1 Å². The highest BCUT2D eigenvalue weighted by atomic mass is 32.2. The van der Waals surface area contributed by atoms with Gasteiger partial charge in [-0.2, -0.15) is 0 Å². The number of amides is 1. The van der Waals surface area contributed by atoms with E-state index in [4.69, 9.17) is 0 Å². The summed E-state index contributed by atoms with van der Waals surface area (Å²) in [4.78, 5) is 14.4. The number of para-hydroxylation sites is 1. The quantitative estimate of drug-likeness (QED) is 0.619. The maximum atomic E-state index is 12.3. The van der Waals surface area contributed by atoms with Gasteiger partial charge in [-0.3, -0.25) is 9.10 Å². The summed E-state index contributed by atoms with van der Waals surface area (Å²) in [6, 6.07) is 17.3. The molecule has 0 heterocycles. The lowest BCUT2D eigenvalue weighted by Crippen LogP contribution is -2.41. The van der Waals surface area contributed by atoms with Crippen molar-refractivity contribution in [2.45, 2.75) is 19.8 Å². The maximum Gasteiger partial charge on any atom is 0.240 e. The lowest BCUT2D eigenvalue weighted by Gasteiger charge is -2.22. The van der Waals surface area contributed by atoms with Crippen LogP contribution in [0.15, 0.2) is 54.6 Å². The van der Waals surface area contributed by atoms with Crippen molar-refractivity contribution in [3.8, 4) is 0 Å². The Hall–Kier alpha value is -2.54. The molecule has 0 bridgehead atoms. The van der Waals surface area contributed by atoms with Gasteiger partial charge in [0.1, 0.15) is 6.54 Å². The summed E-state index contributed by atoms with van der Waals surface area (Å²) in [5.74, 6) is -0.313. The SMILES string of the molecule is CCc1ccc(N(CC(=O)NCCCN(C)c2ccccc2)S(C)(=O)=O)cc1. The zero-order chi connectivity index (χ0) is 20.6. The molecule has 0 aliphatic rings. The van der Waals surface area contributed by atoms with Crippen LogP contribution in [0.5, 0.6) is 0 Å². The molecule has 0 saturated heterocycles. The number of nitrogens with one attached hydrogen (secondary N) is 1. The molecule has 1 N–H and O–H groups in total. The van der Waals surface area contributed by atoms with E-state index in [0.29, 0.717) is 12.2 Å². The van der Waals surface area contributed by atoms with Crippen LogP contribution in [0.3, 0.4) is 0 Å². The zero-order valence-electron chi connectivity index (χ0n) is 16.8. The summed E-state index contributed by atoms with van der Waals surface area (Å²) in [5, 5.41) is 2.81. The first-order valence-corrected chi connectivity index (χ1v) is 11.3. The summed E-state index contributed by atoms with van der Waals surface area (Å²) in [6.45, 7) is 3.09. The summed E-state index contributed by atoms with van der Waals surface area (Å²) < 4.78 is 25.4. The summed E-state index contributed by atoms with van der Waals surface area (Å²) in [7, 11) is -1.55. The standard InChI is InChI=1S/C21H29N3O3S/c1-4-18-11-13-20(14-12-18)24(28(3,26)27)17-21(25)22-15-8-16-23(2)19-9-6-5-7-10-19/h5-7,9-14H,4,8,15-17H2,1-3H3,(H,22,25). The molecule has 0 spiro atoms. The maximum absolute atomic E-state index is 12.3. The predicted octanol–water partition coefficient (Wildman–Crippen LogP) is 2.66. The molecule has 0 atom stereocenters. The molecule has 6 nitrogen and oxygen atoms in total. The smallest absolute Gasteiger partial charge is 0.240 e. The van der Waals surface area contributed by atoms with Crippen LogP contribution in [-0.2, 0) is 21.2 Å². The van der Waals surface area contributed by atoms with Gasteiger partial charge in [0.05, 0.1) is 11.9 Å². The Morgan fingerprint density at radius 1 is 1.00 bits per heavy atom. The highest BCUT2D eigenvalue weighted by molar-refractivity contribution is 7.92. The Balaban J connectivity index is 1.86. The molecule has 28 heavy (non-hydrogen) atoms. The van der Waals surface area contributed by atoms with Gasteiger partial charge in [-0.05, 0) is 42.7 Å². The minimum atomic E-state index is -3.55. The molecule has 2 aromatic rings. The van der Waals surface area contributed by atoms with Crippen molar-refractivity contribution in [1.29, 1.82) is 0 Å². The van der Waals surface area contributed by atoms with Gasteiger partial charge in [0.25, 0.3) is 0 Å². The highest BCUT2D eigenvalue weighted by Gasteiger charge is 2.20. The first-order valence-electron chi connectivity index (χ1n) is 9.40. The van der Waals surface area contributed by atoms with Gasteiger partial charge in [0.2, 0.25) is 15.9 Å². The number of sulfonamides is 1. The number of anilines is 2. The normalized spacial score (nSPS) is 11.1. The van der Waals surface area contributed by atoms with E-state index in [9.17, 15) is 13.2 Å². The van der Waals surface area contributed by atoms with E-state index >= 15 is 0 Å². The molecule has 0 aliphatic carbocycles. The third-order valence-electron chi connectivity index (χ3n) is 4.51. The van der Waals surface area contributed by atoms with Gasteiger partial charge in [-0.1, -0.05) is 37.3 Å². The summed E-state index contributed by atoms with van der Waals surface area (Å²) in [6.07, 6.45) is 2.75. The molecule has 0 radical (unpaired) electrons. The molecule has 0 aliphatic heterocycles. The third-order valence-corrected chi connectivity index (χ3v) is 5.65.